The Morgan fingerprint density at radius 2 is 2.30 bits per heavy atom. The van der Waals surface area contributed by atoms with Crippen molar-refractivity contribution in [2.75, 3.05) is 26.2 Å². The third-order valence-corrected chi connectivity index (χ3v) is 4.08. The second-order valence-electron chi connectivity index (χ2n) is 5.97. The van der Waals surface area contributed by atoms with Gasteiger partial charge < -0.3 is 19.9 Å². The number of carbonyl (C=O) groups is 2. The van der Waals surface area contributed by atoms with Gasteiger partial charge >= 0.3 is 0 Å². The highest BCUT2D eigenvalue weighted by Crippen LogP contribution is 2.12. The van der Waals surface area contributed by atoms with Crippen LogP contribution in [0.2, 0.25) is 0 Å². The second kappa shape index (κ2) is 8.67. The van der Waals surface area contributed by atoms with E-state index in [1.165, 1.54) is 0 Å². The summed E-state index contributed by atoms with van der Waals surface area (Å²) in [6.07, 6.45) is 5.41. The first-order valence-electron chi connectivity index (χ1n) is 8.27. The molecule has 0 aromatic carbocycles. The summed E-state index contributed by atoms with van der Waals surface area (Å²) in [7, 11) is 0. The minimum atomic E-state index is -0.0660. The molecule has 0 aliphatic carbocycles. The molecule has 1 fully saturated rings. The van der Waals surface area contributed by atoms with Gasteiger partial charge in [-0.15, -0.1) is 0 Å². The van der Waals surface area contributed by atoms with E-state index in [4.69, 9.17) is 5.11 Å². The van der Waals surface area contributed by atoms with Gasteiger partial charge in [0, 0.05) is 32.5 Å². The number of amides is 2. The minimum Gasteiger partial charge on any atom is -0.395 e. The van der Waals surface area contributed by atoms with Gasteiger partial charge in [-0.2, -0.15) is 0 Å². The van der Waals surface area contributed by atoms with Gasteiger partial charge in [-0.25, -0.2) is 4.98 Å². The van der Waals surface area contributed by atoms with E-state index in [2.05, 4.69) is 9.97 Å². The van der Waals surface area contributed by atoms with E-state index >= 15 is 0 Å². The number of hydrogen-bond donors (Lipinski definition) is 2. The van der Waals surface area contributed by atoms with Crippen LogP contribution in [0.25, 0.3) is 0 Å². The Morgan fingerprint density at radius 3 is 2.96 bits per heavy atom. The van der Waals surface area contributed by atoms with Crippen molar-refractivity contribution in [3.8, 4) is 0 Å². The van der Waals surface area contributed by atoms with Crippen molar-refractivity contribution in [3.05, 3.63) is 17.7 Å². The number of likely N-dealkylation sites (tertiary alicyclic amines) is 1. The first-order chi connectivity index (χ1) is 11.1. The first kappa shape index (κ1) is 17.5. The zero-order valence-corrected chi connectivity index (χ0v) is 13.8. The lowest BCUT2D eigenvalue weighted by Gasteiger charge is -2.27. The van der Waals surface area contributed by atoms with Crippen molar-refractivity contribution in [1.29, 1.82) is 0 Å². The number of aliphatic hydroxyl groups is 1. The third-order valence-electron chi connectivity index (χ3n) is 4.08. The van der Waals surface area contributed by atoms with E-state index in [1.807, 2.05) is 11.8 Å². The van der Waals surface area contributed by atoms with Gasteiger partial charge in [-0.1, -0.05) is 0 Å². The number of aryl methyl sites for hydroxylation is 1. The third kappa shape index (κ3) is 5.35. The Bertz CT molecular complexity index is 529. The van der Waals surface area contributed by atoms with Gasteiger partial charge in [-0.05, 0) is 26.2 Å². The number of aromatic amines is 1. The Morgan fingerprint density at radius 1 is 1.48 bits per heavy atom. The molecule has 0 bridgehead atoms. The molecule has 1 aromatic heterocycles. The molecule has 2 heterocycles. The molecule has 1 saturated heterocycles. The van der Waals surface area contributed by atoms with Gasteiger partial charge in [0.15, 0.2) is 0 Å². The average Bonchev–Trinajstić information content (AvgIpc) is 2.94. The number of H-pyrrole nitrogens is 1. The maximum absolute atomic E-state index is 12.3. The summed E-state index contributed by atoms with van der Waals surface area (Å²) in [6.45, 7) is 3.96. The van der Waals surface area contributed by atoms with Gasteiger partial charge in [0.25, 0.3) is 0 Å². The number of piperidine rings is 1. The molecule has 7 nitrogen and oxygen atoms in total. The van der Waals surface area contributed by atoms with E-state index in [-0.39, 0.29) is 18.4 Å². The van der Waals surface area contributed by atoms with E-state index in [0.29, 0.717) is 38.9 Å². The predicted octanol–water partition coefficient (Wildman–Crippen LogP) is 0.832. The van der Waals surface area contributed by atoms with Crippen LogP contribution in [-0.4, -0.2) is 62.9 Å². The van der Waals surface area contributed by atoms with E-state index in [9.17, 15) is 9.59 Å². The highest BCUT2D eigenvalue weighted by Gasteiger charge is 2.19. The predicted molar refractivity (Wildman–Crippen MR) is 85.5 cm³/mol. The molecule has 2 rings (SSSR count). The van der Waals surface area contributed by atoms with Crippen LogP contribution in [-0.2, 0) is 16.1 Å². The molecule has 1 aromatic rings. The van der Waals surface area contributed by atoms with Crippen LogP contribution in [0.5, 0.6) is 0 Å². The van der Waals surface area contributed by atoms with Crippen molar-refractivity contribution in [1.82, 2.24) is 19.8 Å². The molecule has 0 saturated carbocycles. The van der Waals surface area contributed by atoms with E-state index in [0.717, 1.165) is 30.9 Å². The fraction of sp³-hybridized carbons (Fsp3) is 0.688. The summed E-state index contributed by atoms with van der Waals surface area (Å²) in [5.74, 6) is 1.000. The molecule has 0 unspecified atom stereocenters. The highest BCUT2D eigenvalue weighted by molar-refractivity contribution is 5.77. The molecule has 2 amide bonds. The second-order valence-corrected chi connectivity index (χ2v) is 5.97. The SMILES string of the molecule is Cc1ncc(CN(CCO)C(=O)CCCN2CCCCC2=O)[nH]1. The van der Waals surface area contributed by atoms with Crippen molar-refractivity contribution in [3.63, 3.8) is 0 Å². The van der Waals surface area contributed by atoms with Crippen LogP contribution in [0.15, 0.2) is 6.20 Å². The number of aliphatic hydroxyl groups excluding tert-OH is 1. The lowest BCUT2D eigenvalue weighted by molar-refractivity contribution is -0.135. The highest BCUT2D eigenvalue weighted by atomic mass is 16.3. The number of carbonyl (C=O) groups excluding carboxylic acids is 2. The van der Waals surface area contributed by atoms with Crippen LogP contribution < -0.4 is 0 Å². The van der Waals surface area contributed by atoms with Gasteiger partial charge in [0.1, 0.15) is 5.82 Å². The van der Waals surface area contributed by atoms with E-state index < -0.39 is 0 Å². The Labute approximate surface area is 136 Å². The number of imidazole rings is 1. The fourth-order valence-electron chi connectivity index (χ4n) is 2.85. The zero-order valence-electron chi connectivity index (χ0n) is 13.8. The number of nitrogens with one attached hydrogen (secondary N) is 1. The zero-order chi connectivity index (χ0) is 16.7. The van der Waals surface area contributed by atoms with Crippen LogP contribution in [0, 0.1) is 6.92 Å². The molecule has 23 heavy (non-hydrogen) atoms. The number of rotatable bonds is 8. The number of hydrogen-bond acceptors (Lipinski definition) is 4. The quantitative estimate of drug-likeness (QED) is 0.742. The van der Waals surface area contributed by atoms with Crippen LogP contribution >= 0.6 is 0 Å². The number of aromatic nitrogens is 2. The Kier molecular flexibility index (Phi) is 6.58. The van der Waals surface area contributed by atoms with Crippen LogP contribution in [0.3, 0.4) is 0 Å². The smallest absolute Gasteiger partial charge is 0.223 e. The molecule has 7 heteroatoms. The molecule has 0 radical (unpaired) electrons. The molecule has 1 aliphatic heterocycles. The molecular formula is C16H26N4O3. The molecule has 2 N–H and O–H groups in total. The first-order valence-corrected chi connectivity index (χ1v) is 8.27. The lowest BCUT2D eigenvalue weighted by Crippen LogP contribution is -2.37. The molecule has 128 valence electrons. The molecular weight excluding hydrogens is 296 g/mol. The topological polar surface area (TPSA) is 89.5 Å². The summed E-state index contributed by atoms with van der Waals surface area (Å²) in [4.78, 5) is 34.8. The van der Waals surface area contributed by atoms with Gasteiger partial charge in [0.05, 0.1) is 25.0 Å². The van der Waals surface area contributed by atoms with Gasteiger partial charge in [-0.3, -0.25) is 9.59 Å². The molecule has 1 aliphatic rings. The Balaban J connectivity index is 1.79. The van der Waals surface area contributed by atoms with Gasteiger partial charge in [0.2, 0.25) is 11.8 Å². The monoisotopic (exact) mass is 322 g/mol. The average molecular weight is 322 g/mol. The summed E-state index contributed by atoms with van der Waals surface area (Å²) >= 11 is 0. The normalized spacial score (nSPS) is 15.0. The minimum absolute atomic E-state index is 0.00392. The summed E-state index contributed by atoms with van der Waals surface area (Å²) in [5, 5.41) is 9.16. The fourth-order valence-corrected chi connectivity index (χ4v) is 2.85. The number of nitrogens with zero attached hydrogens (tertiary/aromatic N) is 3. The van der Waals surface area contributed by atoms with Crippen molar-refractivity contribution in [2.45, 2.75) is 45.6 Å². The Hall–Kier alpha value is -1.89. The lowest BCUT2D eigenvalue weighted by atomic mass is 10.1. The summed E-state index contributed by atoms with van der Waals surface area (Å²) in [6, 6.07) is 0. The van der Waals surface area contributed by atoms with Crippen LogP contribution in [0.4, 0.5) is 0 Å². The maximum atomic E-state index is 12.3. The molecule has 0 atom stereocenters. The van der Waals surface area contributed by atoms with Crippen LogP contribution in [0.1, 0.15) is 43.6 Å². The standard InChI is InChI=1S/C16H26N4O3/c1-13-17-11-14(18-13)12-20(9-10-21)16(23)6-4-8-19-7-3-2-5-15(19)22/h11,21H,2-10,12H2,1H3,(H,17,18). The summed E-state index contributed by atoms with van der Waals surface area (Å²) < 4.78 is 0. The summed E-state index contributed by atoms with van der Waals surface area (Å²) in [5.41, 5.74) is 0.857. The van der Waals surface area contributed by atoms with Crippen molar-refractivity contribution < 1.29 is 14.7 Å². The molecule has 0 spiro atoms. The maximum Gasteiger partial charge on any atom is 0.223 e. The van der Waals surface area contributed by atoms with E-state index in [1.54, 1.807) is 11.1 Å². The largest absolute Gasteiger partial charge is 0.395 e. The van der Waals surface area contributed by atoms with Crippen molar-refractivity contribution in [2.24, 2.45) is 0 Å². The van der Waals surface area contributed by atoms with Crippen molar-refractivity contribution >= 4 is 11.8 Å².